The molecule has 0 aromatic heterocycles. The summed E-state index contributed by atoms with van der Waals surface area (Å²) >= 11 is 0. The predicted octanol–water partition coefficient (Wildman–Crippen LogP) is 7.95. The summed E-state index contributed by atoms with van der Waals surface area (Å²) in [7, 11) is 0. The first kappa shape index (κ1) is 21.5. The molecule has 0 saturated heterocycles. The minimum Gasteiger partial charge on any atom is -0.311 e. The van der Waals surface area contributed by atoms with E-state index in [-0.39, 0.29) is 11.2 Å². The van der Waals surface area contributed by atoms with Gasteiger partial charge < -0.3 is 4.90 Å². The van der Waals surface area contributed by atoms with Crippen molar-refractivity contribution in [3.8, 4) is 0 Å². The average Bonchev–Trinajstić information content (AvgIpc) is 3.14. The molecular formula is C31H31NO. The van der Waals surface area contributed by atoms with Gasteiger partial charge in [0.05, 0.1) is 0 Å². The number of benzene rings is 3. The Kier molecular flexibility index (Phi) is 5.54. The van der Waals surface area contributed by atoms with Crippen molar-refractivity contribution in [1.82, 2.24) is 0 Å². The van der Waals surface area contributed by atoms with Gasteiger partial charge in [0.2, 0.25) is 0 Å². The maximum atomic E-state index is 12.2. The SMILES string of the molecule is CCC1(CC)c2cc(C(C)=O)ccc2C2C=CC(N(c3ccccc3)c3ccccc3)=CC21. The van der Waals surface area contributed by atoms with Crippen molar-refractivity contribution in [2.75, 3.05) is 4.90 Å². The van der Waals surface area contributed by atoms with Gasteiger partial charge in [0.1, 0.15) is 0 Å². The number of fused-ring (bicyclic) bond motifs is 3. The lowest BCUT2D eigenvalue weighted by Crippen LogP contribution is -2.32. The molecule has 0 amide bonds. The number of carbonyl (C=O) groups excluding carboxylic acids is 1. The number of hydrogen-bond acceptors (Lipinski definition) is 2. The second kappa shape index (κ2) is 8.51. The lowest BCUT2D eigenvalue weighted by atomic mass is 9.67. The van der Waals surface area contributed by atoms with Crippen molar-refractivity contribution in [3.05, 3.63) is 119 Å². The maximum Gasteiger partial charge on any atom is 0.159 e. The Labute approximate surface area is 197 Å². The molecule has 3 aromatic carbocycles. The van der Waals surface area contributed by atoms with Crippen LogP contribution in [-0.2, 0) is 5.41 Å². The summed E-state index contributed by atoms with van der Waals surface area (Å²) in [5.41, 5.74) is 7.12. The normalized spacial score (nSPS) is 20.0. The van der Waals surface area contributed by atoms with E-state index in [0.29, 0.717) is 11.8 Å². The summed E-state index contributed by atoms with van der Waals surface area (Å²) in [6.45, 7) is 6.26. The Balaban J connectivity index is 1.65. The molecule has 0 bridgehead atoms. The topological polar surface area (TPSA) is 20.3 Å². The first-order valence-corrected chi connectivity index (χ1v) is 12.0. The fourth-order valence-corrected chi connectivity index (χ4v) is 5.99. The van der Waals surface area contributed by atoms with Crippen LogP contribution in [0.15, 0.2) is 103 Å². The summed E-state index contributed by atoms with van der Waals surface area (Å²) in [6.07, 6.45) is 9.26. The van der Waals surface area contributed by atoms with Gasteiger partial charge in [0.15, 0.2) is 5.78 Å². The van der Waals surface area contributed by atoms with Crippen molar-refractivity contribution >= 4 is 17.2 Å². The quantitative estimate of drug-likeness (QED) is 0.368. The molecule has 2 aliphatic carbocycles. The van der Waals surface area contributed by atoms with Crippen LogP contribution in [0.5, 0.6) is 0 Å². The Hall–Kier alpha value is -3.39. The van der Waals surface area contributed by atoms with Crippen molar-refractivity contribution in [2.45, 2.75) is 44.9 Å². The maximum absolute atomic E-state index is 12.2. The van der Waals surface area contributed by atoms with Crippen LogP contribution in [-0.4, -0.2) is 5.78 Å². The summed E-state index contributed by atoms with van der Waals surface area (Å²) < 4.78 is 0. The van der Waals surface area contributed by atoms with E-state index in [4.69, 9.17) is 0 Å². The van der Waals surface area contributed by atoms with Crippen LogP contribution in [0.2, 0.25) is 0 Å². The zero-order valence-corrected chi connectivity index (χ0v) is 19.7. The lowest BCUT2D eigenvalue weighted by Gasteiger charge is -2.38. The van der Waals surface area contributed by atoms with E-state index < -0.39 is 0 Å². The first-order valence-electron chi connectivity index (χ1n) is 12.0. The van der Waals surface area contributed by atoms with Gasteiger partial charge >= 0.3 is 0 Å². The summed E-state index contributed by atoms with van der Waals surface area (Å²) in [5, 5.41) is 0. The van der Waals surface area contributed by atoms with E-state index in [2.05, 4.69) is 110 Å². The third-order valence-electron chi connectivity index (χ3n) is 7.75. The highest BCUT2D eigenvalue weighted by Crippen LogP contribution is 2.57. The molecule has 3 aromatic rings. The molecule has 0 saturated carbocycles. The van der Waals surface area contributed by atoms with Gasteiger partial charge in [-0.25, -0.2) is 0 Å². The summed E-state index contributed by atoms with van der Waals surface area (Å²) in [5.74, 6) is 0.845. The van der Waals surface area contributed by atoms with Gasteiger partial charge in [-0.05, 0) is 73.2 Å². The zero-order valence-electron chi connectivity index (χ0n) is 19.7. The highest BCUT2D eigenvalue weighted by atomic mass is 16.1. The Morgan fingerprint density at radius 1 is 0.879 bits per heavy atom. The molecule has 2 heteroatoms. The summed E-state index contributed by atoms with van der Waals surface area (Å²) in [4.78, 5) is 14.5. The minimum atomic E-state index is 0.0283. The molecule has 33 heavy (non-hydrogen) atoms. The van der Waals surface area contributed by atoms with E-state index >= 15 is 0 Å². The third kappa shape index (κ3) is 3.45. The number of allylic oxidation sites excluding steroid dienone is 3. The fourth-order valence-electron chi connectivity index (χ4n) is 5.99. The molecule has 2 unspecified atom stereocenters. The van der Waals surface area contributed by atoms with Crippen molar-refractivity contribution < 1.29 is 4.79 Å². The number of para-hydroxylation sites is 2. The molecule has 2 aliphatic rings. The number of rotatable bonds is 6. The van der Waals surface area contributed by atoms with Gasteiger partial charge in [0.25, 0.3) is 0 Å². The number of nitrogens with zero attached hydrogens (tertiary/aromatic N) is 1. The number of anilines is 2. The van der Waals surface area contributed by atoms with Crippen molar-refractivity contribution in [2.24, 2.45) is 5.92 Å². The molecule has 2 atom stereocenters. The molecule has 0 spiro atoms. The molecule has 5 rings (SSSR count). The fraction of sp³-hybridized carbons (Fsp3) is 0.258. The van der Waals surface area contributed by atoms with Gasteiger partial charge in [-0.3, -0.25) is 4.79 Å². The number of hydrogen-bond donors (Lipinski definition) is 0. The molecule has 0 aliphatic heterocycles. The summed E-state index contributed by atoms with van der Waals surface area (Å²) in [6, 6.07) is 27.6. The van der Waals surface area contributed by atoms with Gasteiger partial charge in [-0.1, -0.05) is 74.5 Å². The van der Waals surface area contributed by atoms with Crippen LogP contribution in [0, 0.1) is 5.92 Å². The zero-order chi connectivity index (χ0) is 23.0. The second-order valence-corrected chi connectivity index (χ2v) is 9.23. The largest absolute Gasteiger partial charge is 0.311 e. The predicted molar refractivity (Wildman–Crippen MR) is 137 cm³/mol. The molecule has 0 radical (unpaired) electrons. The second-order valence-electron chi connectivity index (χ2n) is 9.23. The number of carbonyl (C=O) groups is 1. The number of Topliss-reactive ketones (excluding diaryl/α,β-unsaturated/α-hetero) is 1. The molecule has 0 N–H and O–H groups in total. The molecule has 166 valence electrons. The monoisotopic (exact) mass is 433 g/mol. The van der Waals surface area contributed by atoms with E-state index in [1.807, 2.05) is 6.07 Å². The van der Waals surface area contributed by atoms with Crippen molar-refractivity contribution in [3.63, 3.8) is 0 Å². The molecule has 2 nitrogen and oxygen atoms in total. The lowest BCUT2D eigenvalue weighted by molar-refractivity contribution is 0.101. The van der Waals surface area contributed by atoms with Crippen LogP contribution in [0.25, 0.3) is 0 Å². The first-order chi connectivity index (χ1) is 16.1. The van der Waals surface area contributed by atoms with Gasteiger partial charge in [-0.15, -0.1) is 0 Å². The van der Waals surface area contributed by atoms with E-state index in [9.17, 15) is 4.79 Å². The standard InChI is InChI=1S/C31H31NO/c1-4-31(5-2)29-20-23(22(3)33)16-18-27(29)28-19-17-26(21-30(28)31)32(24-12-8-6-9-13-24)25-14-10-7-11-15-25/h6-21,28,30H,4-5H2,1-3H3. The van der Waals surface area contributed by atoms with Gasteiger partial charge in [-0.2, -0.15) is 0 Å². The minimum absolute atomic E-state index is 0.0283. The Morgan fingerprint density at radius 3 is 2.03 bits per heavy atom. The van der Waals surface area contributed by atoms with Gasteiger partial charge in [0, 0.05) is 34.0 Å². The molecule has 0 heterocycles. The third-order valence-corrected chi connectivity index (χ3v) is 7.75. The highest BCUT2D eigenvalue weighted by Gasteiger charge is 2.49. The van der Waals surface area contributed by atoms with Crippen LogP contribution < -0.4 is 4.90 Å². The van der Waals surface area contributed by atoms with Crippen LogP contribution in [0.4, 0.5) is 11.4 Å². The van der Waals surface area contributed by atoms with E-state index in [1.54, 1.807) is 6.92 Å². The average molecular weight is 434 g/mol. The van der Waals surface area contributed by atoms with E-state index in [1.165, 1.54) is 16.8 Å². The van der Waals surface area contributed by atoms with E-state index in [0.717, 1.165) is 29.8 Å². The molecular weight excluding hydrogens is 402 g/mol. The van der Waals surface area contributed by atoms with Crippen LogP contribution in [0.3, 0.4) is 0 Å². The van der Waals surface area contributed by atoms with Crippen LogP contribution >= 0.6 is 0 Å². The van der Waals surface area contributed by atoms with Crippen molar-refractivity contribution in [1.29, 1.82) is 0 Å². The highest BCUT2D eigenvalue weighted by molar-refractivity contribution is 5.94. The number of ketones is 1. The Morgan fingerprint density at radius 2 is 1.48 bits per heavy atom. The molecule has 0 fully saturated rings. The van der Waals surface area contributed by atoms with Crippen LogP contribution in [0.1, 0.15) is 61.0 Å². The Bertz CT molecular complexity index is 1180. The smallest absolute Gasteiger partial charge is 0.159 e.